The number of allylic oxidation sites excluding steroid dienone is 4. The summed E-state index contributed by atoms with van der Waals surface area (Å²) in [5, 5.41) is 0. The molecule has 0 fully saturated rings. The van der Waals surface area contributed by atoms with Crippen LogP contribution in [0.3, 0.4) is 0 Å². The van der Waals surface area contributed by atoms with Crippen molar-refractivity contribution in [2.75, 3.05) is 13.2 Å². The van der Waals surface area contributed by atoms with Crippen molar-refractivity contribution in [2.45, 2.75) is 412 Å². The van der Waals surface area contributed by atoms with Crippen LogP contribution < -0.4 is 0 Å². The highest BCUT2D eigenvalue weighted by atomic mass is 16.6. The van der Waals surface area contributed by atoms with Crippen LogP contribution >= 0.6 is 0 Å². The molecule has 0 amide bonds. The van der Waals surface area contributed by atoms with Crippen LogP contribution in [-0.2, 0) is 28.6 Å². The molecule has 6 heteroatoms. The molecule has 0 aromatic heterocycles. The van der Waals surface area contributed by atoms with Gasteiger partial charge in [-0.2, -0.15) is 0 Å². The van der Waals surface area contributed by atoms with Gasteiger partial charge in [-0.25, -0.2) is 0 Å². The molecule has 0 bridgehead atoms. The van der Waals surface area contributed by atoms with Gasteiger partial charge in [0.1, 0.15) is 13.2 Å². The molecule has 0 saturated heterocycles. The highest BCUT2D eigenvalue weighted by Crippen LogP contribution is 2.19. The number of hydrogen-bond acceptors (Lipinski definition) is 6. The summed E-state index contributed by atoms with van der Waals surface area (Å²) in [4.78, 5) is 38.5. The molecule has 6 nitrogen and oxygen atoms in total. The number of hydrogen-bond donors (Lipinski definition) is 0. The lowest BCUT2D eigenvalue weighted by Crippen LogP contribution is -2.30. The van der Waals surface area contributed by atoms with Crippen LogP contribution in [-0.4, -0.2) is 37.2 Å². The van der Waals surface area contributed by atoms with Gasteiger partial charge in [-0.3, -0.25) is 14.4 Å². The molecule has 0 aromatic carbocycles. The largest absolute Gasteiger partial charge is 0.462 e. The summed E-state index contributed by atoms with van der Waals surface area (Å²) in [6.07, 6.45) is 83.5. The second-order valence-electron chi connectivity index (χ2n) is 24.5. The molecule has 0 aliphatic rings. The van der Waals surface area contributed by atoms with Crippen LogP contribution in [0.15, 0.2) is 24.3 Å². The summed E-state index contributed by atoms with van der Waals surface area (Å²) in [7, 11) is 0. The Morgan fingerprint density at radius 3 is 0.709 bits per heavy atom. The molecule has 79 heavy (non-hydrogen) atoms. The fourth-order valence-electron chi connectivity index (χ4n) is 11.1. The van der Waals surface area contributed by atoms with Gasteiger partial charge in [-0.05, 0) is 51.4 Å². The highest BCUT2D eigenvalue weighted by molar-refractivity contribution is 5.71. The number of unbranched alkanes of at least 4 members (excludes halogenated alkanes) is 52. The topological polar surface area (TPSA) is 78.9 Å². The van der Waals surface area contributed by atoms with Crippen LogP contribution in [0, 0.1) is 0 Å². The molecule has 466 valence electrons. The van der Waals surface area contributed by atoms with E-state index in [0.717, 1.165) is 70.6 Å². The maximum Gasteiger partial charge on any atom is 0.306 e. The Morgan fingerprint density at radius 2 is 0.456 bits per heavy atom. The van der Waals surface area contributed by atoms with Crippen LogP contribution in [0.25, 0.3) is 0 Å². The van der Waals surface area contributed by atoms with E-state index in [9.17, 15) is 14.4 Å². The van der Waals surface area contributed by atoms with Gasteiger partial charge in [-0.15, -0.1) is 0 Å². The molecule has 0 rings (SSSR count). The van der Waals surface area contributed by atoms with Crippen molar-refractivity contribution in [3.63, 3.8) is 0 Å². The molecule has 0 N–H and O–H groups in total. The minimum Gasteiger partial charge on any atom is -0.462 e. The first kappa shape index (κ1) is 76.9. The van der Waals surface area contributed by atoms with Gasteiger partial charge in [0.2, 0.25) is 0 Å². The smallest absolute Gasteiger partial charge is 0.306 e. The van der Waals surface area contributed by atoms with E-state index in [1.54, 1.807) is 0 Å². The molecule has 0 aliphatic carbocycles. The Kier molecular flexibility index (Phi) is 66.6. The van der Waals surface area contributed by atoms with Crippen LogP contribution in [0.4, 0.5) is 0 Å². The molecule has 1 atom stereocenters. The van der Waals surface area contributed by atoms with Gasteiger partial charge in [0, 0.05) is 19.3 Å². The van der Waals surface area contributed by atoms with Crippen molar-refractivity contribution >= 4 is 17.9 Å². The summed E-state index contributed by atoms with van der Waals surface area (Å²) >= 11 is 0. The third kappa shape index (κ3) is 66.6. The van der Waals surface area contributed by atoms with Gasteiger partial charge >= 0.3 is 17.9 Å². The molecule has 0 spiro atoms. The Labute approximate surface area is 493 Å². The van der Waals surface area contributed by atoms with Crippen molar-refractivity contribution in [1.82, 2.24) is 0 Å². The van der Waals surface area contributed by atoms with Gasteiger partial charge in [0.05, 0.1) is 0 Å². The van der Waals surface area contributed by atoms with Crippen LogP contribution in [0.5, 0.6) is 0 Å². The lowest BCUT2D eigenvalue weighted by molar-refractivity contribution is -0.167. The van der Waals surface area contributed by atoms with Gasteiger partial charge in [0.15, 0.2) is 6.10 Å². The van der Waals surface area contributed by atoms with Gasteiger partial charge < -0.3 is 14.2 Å². The second kappa shape index (κ2) is 68.4. The molecule has 0 aromatic rings. The fourth-order valence-corrected chi connectivity index (χ4v) is 11.1. The predicted molar refractivity (Wildman–Crippen MR) is 344 cm³/mol. The molecule has 0 saturated carbocycles. The minimum absolute atomic E-state index is 0.0670. The predicted octanol–water partition coefficient (Wildman–Crippen LogP) is 24.6. The van der Waals surface area contributed by atoms with Gasteiger partial charge in [0.25, 0.3) is 0 Å². The molecule has 0 aliphatic heterocycles. The summed E-state index contributed by atoms with van der Waals surface area (Å²) in [6.45, 7) is 6.71. The Hall–Kier alpha value is -2.11. The van der Waals surface area contributed by atoms with E-state index in [4.69, 9.17) is 14.2 Å². The van der Waals surface area contributed by atoms with Crippen molar-refractivity contribution in [1.29, 1.82) is 0 Å². The maximum absolute atomic E-state index is 13.0. The number of rotatable bonds is 67. The summed E-state index contributed by atoms with van der Waals surface area (Å²) in [5.74, 6) is -0.839. The van der Waals surface area contributed by atoms with E-state index in [-0.39, 0.29) is 31.1 Å². The number of esters is 3. The maximum atomic E-state index is 13.0. The zero-order valence-electron chi connectivity index (χ0n) is 53.7. The third-order valence-electron chi connectivity index (χ3n) is 16.5. The van der Waals surface area contributed by atoms with Crippen molar-refractivity contribution in [2.24, 2.45) is 0 Å². The number of carbonyl (C=O) groups is 3. The highest BCUT2D eigenvalue weighted by Gasteiger charge is 2.19. The van der Waals surface area contributed by atoms with Crippen LogP contribution in [0.2, 0.25) is 0 Å². The van der Waals surface area contributed by atoms with E-state index >= 15 is 0 Å². The van der Waals surface area contributed by atoms with E-state index in [2.05, 4.69) is 45.1 Å². The summed E-state index contributed by atoms with van der Waals surface area (Å²) in [5.41, 5.74) is 0. The Morgan fingerprint density at radius 1 is 0.253 bits per heavy atom. The zero-order chi connectivity index (χ0) is 57.1. The fraction of sp³-hybridized carbons (Fsp3) is 0.904. The number of carbonyl (C=O) groups excluding carboxylic acids is 3. The Balaban J connectivity index is 4.29. The normalized spacial score (nSPS) is 12.1. The Bertz CT molecular complexity index is 1270. The van der Waals surface area contributed by atoms with E-state index in [1.807, 2.05) is 0 Å². The van der Waals surface area contributed by atoms with Crippen LogP contribution in [0.1, 0.15) is 406 Å². The molecular formula is C73H138O6. The van der Waals surface area contributed by atoms with Crippen molar-refractivity contribution in [3.8, 4) is 0 Å². The lowest BCUT2D eigenvalue weighted by atomic mass is 10.0. The average Bonchev–Trinajstić information content (AvgIpc) is 3.45. The third-order valence-corrected chi connectivity index (χ3v) is 16.5. The minimum atomic E-state index is -0.772. The number of ether oxygens (including phenoxy) is 3. The lowest BCUT2D eigenvalue weighted by Gasteiger charge is -2.18. The van der Waals surface area contributed by atoms with E-state index < -0.39 is 6.10 Å². The first-order valence-corrected chi connectivity index (χ1v) is 35.8. The monoisotopic (exact) mass is 1110 g/mol. The standard InChI is InChI=1S/C73H138O6/c1-4-7-10-13-16-19-22-25-28-31-34-36-38-39-42-45-48-51-54-57-60-63-66-72(75)78-69-70(68-77-71(74)65-62-59-56-53-50-47-44-41-33-30-27-24-21-18-15-12-9-6-3)79-73(76)67-64-61-58-55-52-49-46-43-40-37-35-32-29-26-23-20-17-14-11-8-5-2/h21,24,30,33,70H,4-20,22-23,25-29,31-32,34-69H2,1-3H3/b24-21-,33-30-. The summed E-state index contributed by atoms with van der Waals surface area (Å²) in [6, 6.07) is 0. The first-order chi connectivity index (χ1) is 39.0. The summed E-state index contributed by atoms with van der Waals surface area (Å²) < 4.78 is 17.0. The SMILES string of the molecule is CCCCCC/C=C\C/C=C\CCCCCCCCCC(=O)OCC(COC(=O)CCCCCCCCCCCCCCCCCCCCCCCC)OC(=O)CCCCCCCCCCCCCCCCCCCCCCC. The van der Waals surface area contributed by atoms with E-state index in [1.165, 1.54) is 295 Å². The average molecular weight is 1110 g/mol. The first-order valence-electron chi connectivity index (χ1n) is 35.8. The van der Waals surface area contributed by atoms with Crippen molar-refractivity contribution < 1.29 is 28.6 Å². The van der Waals surface area contributed by atoms with Crippen molar-refractivity contribution in [3.05, 3.63) is 24.3 Å². The van der Waals surface area contributed by atoms with Gasteiger partial charge in [-0.1, -0.05) is 360 Å². The quantitative estimate of drug-likeness (QED) is 0.0261. The molecule has 0 radical (unpaired) electrons. The zero-order valence-corrected chi connectivity index (χ0v) is 53.7. The molecule has 1 unspecified atom stereocenters. The molecule has 0 heterocycles. The van der Waals surface area contributed by atoms with E-state index in [0.29, 0.717) is 19.3 Å². The second-order valence-corrected chi connectivity index (χ2v) is 24.5. The molecular weight excluding hydrogens is 973 g/mol.